The second-order valence-corrected chi connectivity index (χ2v) is 18.9. The fraction of sp³-hybridized carbons (Fsp3) is 0.0968. The van der Waals surface area contributed by atoms with E-state index in [0.717, 1.165) is 61.4 Å². The van der Waals surface area contributed by atoms with Crippen molar-refractivity contribution < 1.29 is 0 Å². The summed E-state index contributed by atoms with van der Waals surface area (Å²) in [6.07, 6.45) is 1.92. The minimum Gasteiger partial charge on any atom is -0.321 e. The fourth-order valence-corrected chi connectivity index (χ4v) is 9.80. The minimum atomic E-state index is -0.0379. The fourth-order valence-electron chi connectivity index (χ4n) is 9.80. The third-order valence-corrected chi connectivity index (χ3v) is 13.4. The van der Waals surface area contributed by atoms with E-state index in [1.165, 1.54) is 39.1 Å². The minimum absolute atomic E-state index is 0.0379. The third kappa shape index (κ3) is 7.58. The zero-order valence-electron chi connectivity index (χ0n) is 39.0. The highest BCUT2D eigenvalue weighted by atomic mass is 15.4. The Hall–Kier alpha value is -8.68. The Bertz CT molecular complexity index is 3650. The number of aryl methyl sites for hydroxylation is 1. The van der Waals surface area contributed by atoms with Crippen molar-refractivity contribution in [1.29, 1.82) is 0 Å². The average molecular weight is 892 g/mol. The van der Waals surface area contributed by atoms with Gasteiger partial charge in [0.15, 0.2) is 17.5 Å². The number of nitrogens with zero attached hydrogens (tertiary/aromatic N) is 7. The lowest BCUT2D eigenvalue weighted by molar-refractivity contribution is 0.588. The van der Waals surface area contributed by atoms with E-state index >= 15 is 0 Å². The summed E-state index contributed by atoms with van der Waals surface area (Å²) < 4.78 is 2.27. The third-order valence-electron chi connectivity index (χ3n) is 13.4. The van der Waals surface area contributed by atoms with Crippen molar-refractivity contribution >= 4 is 44.6 Å². The van der Waals surface area contributed by atoms with Gasteiger partial charge in [0.25, 0.3) is 0 Å². The van der Waals surface area contributed by atoms with Crippen molar-refractivity contribution in [3.8, 4) is 62.2 Å². The molecule has 7 heteroatoms. The van der Waals surface area contributed by atoms with Gasteiger partial charge in [-0.1, -0.05) is 184 Å². The molecular formula is C62H49N7. The first-order chi connectivity index (χ1) is 33.7. The normalized spacial score (nSPS) is 12.5. The molecule has 4 heterocycles. The maximum absolute atomic E-state index is 5.32. The highest BCUT2D eigenvalue weighted by Crippen LogP contribution is 2.50. The number of benzene rings is 8. The van der Waals surface area contributed by atoms with E-state index in [1.54, 1.807) is 0 Å². The van der Waals surface area contributed by atoms with Crippen molar-refractivity contribution in [3.05, 3.63) is 224 Å². The predicted octanol–water partition coefficient (Wildman–Crippen LogP) is 15.6. The molecule has 7 nitrogen and oxygen atoms in total. The topological polar surface area (TPSA) is 63.0 Å². The van der Waals surface area contributed by atoms with Crippen molar-refractivity contribution in [1.82, 2.24) is 24.5 Å². The molecule has 8 aromatic carbocycles. The Morgan fingerprint density at radius 2 is 0.986 bits per heavy atom. The largest absolute Gasteiger partial charge is 0.321 e. The van der Waals surface area contributed by atoms with E-state index in [0.29, 0.717) is 24.1 Å². The molecule has 332 valence electrons. The molecule has 69 heavy (non-hydrogen) atoms. The standard InChI is InChI=1S/C62H49N7/c1-41-29-31-44(32-30-41)59-64-60(66-61(65-59)46-33-34-52-51-23-11-12-26-53(51)69(56(52)38-46)57-39-47(35-36-63-57)62(2,3)4)45-21-15-22-48(37-45)67-40-68(55-28-14-13-27-54(55)67)58-49(42-17-7-5-8-18-42)24-16-25-50(58)43-19-9-6-10-20-43/h5-39H,40H2,1-4H3. The van der Waals surface area contributed by atoms with Crippen LogP contribution in [-0.2, 0) is 5.41 Å². The van der Waals surface area contributed by atoms with Gasteiger partial charge >= 0.3 is 0 Å². The molecule has 0 amide bonds. The number of hydrogen-bond donors (Lipinski definition) is 0. The molecule has 0 unspecified atom stereocenters. The van der Waals surface area contributed by atoms with Gasteiger partial charge in [-0.3, -0.25) is 4.57 Å². The Balaban J connectivity index is 0.988. The molecule has 12 rings (SSSR count). The molecule has 0 bridgehead atoms. The van der Waals surface area contributed by atoms with Crippen LogP contribution in [-0.4, -0.2) is 31.2 Å². The molecule has 0 radical (unpaired) electrons. The van der Waals surface area contributed by atoms with Gasteiger partial charge < -0.3 is 9.80 Å². The van der Waals surface area contributed by atoms with Gasteiger partial charge in [0, 0.05) is 50.5 Å². The van der Waals surface area contributed by atoms with Crippen LogP contribution >= 0.6 is 0 Å². The summed E-state index contributed by atoms with van der Waals surface area (Å²) in [5, 5.41) is 2.30. The van der Waals surface area contributed by atoms with Gasteiger partial charge in [-0.2, -0.15) is 0 Å². The van der Waals surface area contributed by atoms with Crippen LogP contribution in [0.1, 0.15) is 31.9 Å². The summed E-state index contributed by atoms with van der Waals surface area (Å²) in [6.45, 7) is 9.42. The van der Waals surface area contributed by atoms with Crippen LogP contribution in [0, 0.1) is 6.92 Å². The molecule has 0 N–H and O–H groups in total. The highest BCUT2D eigenvalue weighted by molar-refractivity contribution is 6.10. The number of para-hydroxylation sites is 4. The quantitative estimate of drug-likeness (QED) is 0.151. The maximum Gasteiger partial charge on any atom is 0.164 e. The zero-order valence-corrected chi connectivity index (χ0v) is 39.0. The Morgan fingerprint density at radius 3 is 1.67 bits per heavy atom. The molecule has 1 aliphatic heterocycles. The van der Waals surface area contributed by atoms with E-state index in [9.17, 15) is 0 Å². The van der Waals surface area contributed by atoms with E-state index in [-0.39, 0.29) is 5.41 Å². The Kier molecular flexibility index (Phi) is 10.2. The van der Waals surface area contributed by atoms with E-state index in [4.69, 9.17) is 19.9 Å². The first kappa shape index (κ1) is 41.7. The Labute approximate surface area is 402 Å². The molecule has 0 aliphatic carbocycles. The molecule has 0 spiro atoms. The van der Waals surface area contributed by atoms with Crippen molar-refractivity contribution in [2.45, 2.75) is 33.1 Å². The highest BCUT2D eigenvalue weighted by Gasteiger charge is 2.31. The number of rotatable bonds is 8. The van der Waals surface area contributed by atoms with E-state index in [1.807, 2.05) is 6.20 Å². The van der Waals surface area contributed by atoms with Crippen molar-refractivity contribution in [2.75, 3.05) is 16.5 Å². The van der Waals surface area contributed by atoms with Gasteiger partial charge in [0.05, 0.1) is 28.1 Å². The lowest BCUT2D eigenvalue weighted by Gasteiger charge is -2.27. The van der Waals surface area contributed by atoms with Crippen molar-refractivity contribution in [2.24, 2.45) is 0 Å². The van der Waals surface area contributed by atoms with Crippen LogP contribution in [0.25, 0.3) is 84.0 Å². The van der Waals surface area contributed by atoms with Gasteiger partial charge in [-0.25, -0.2) is 19.9 Å². The summed E-state index contributed by atoms with van der Waals surface area (Å²) in [4.78, 5) is 25.6. The van der Waals surface area contributed by atoms with Gasteiger partial charge in [-0.15, -0.1) is 0 Å². The summed E-state index contributed by atoms with van der Waals surface area (Å²) >= 11 is 0. The first-order valence-electron chi connectivity index (χ1n) is 23.6. The molecule has 0 fully saturated rings. The lowest BCUT2D eigenvalue weighted by atomic mass is 9.88. The summed E-state index contributed by atoms with van der Waals surface area (Å²) in [7, 11) is 0. The van der Waals surface area contributed by atoms with Gasteiger partial charge in [-0.05, 0) is 77.6 Å². The molecule has 0 atom stereocenters. The SMILES string of the molecule is Cc1ccc(-c2nc(-c3cccc(N4CN(c5c(-c6ccccc6)cccc5-c5ccccc5)c5ccccc54)c3)nc(-c3ccc4c5ccccc5n(-c5cc(C(C)(C)C)ccn5)c4c3)n2)cc1. The smallest absolute Gasteiger partial charge is 0.164 e. The summed E-state index contributed by atoms with van der Waals surface area (Å²) in [6, 6.07) is 73.2. The van der Waals surface area contributed by atoms with Crippen LogP contribution in [0.2, 0.25) is 0 Å². The average Bonchev–Trinajstić information content (AvgIpc) is 3.95. The van der Waals surface area contributed by atoms with Crippen LogP contribution in [0.5, 0.6) is 0 Å². The van der Waals surface area contributed by atoms with Crippen LogP contribution in [0.3, 0.4) is 0 Å². The van der Waals surface area contributed by atoms with Crippen LogP contribution < -0.4 is 9.80 Å². The summed E-state index contributed by atoms with van der Waals surface area (Å²) in [5.41, 5.74) is 16.4. The number of anilines is 4. The second-order valence-electron chi connectivity index (χ2n) is 18.9. The molecule has 11 aromatic rings. The molecule has 3 aromatic heterocycles. The lowest BCUT2D eigenvalue weighted by Crippen LogP contribution is -2.25. The second kappa shape index (κ2) is 16.9. The number of fused-ring (bicyclic) bond motifs is 4. The van der Waals surface area contributed by atoms with Crippen molar-refractivity contribution in [3.63, 3.8) is 0 Å². The first-order valence-corrected chi connectivity index (χ1v) is 23.6. The summed E-state index contributed by atoms with van der Waals surface area (Å²) in [5.74, 6) is 2.69. The predicted molar refractivity (Wildman–Crippen MR) is 285 cm³/mol. The van der Waals surface area contributed by atoms with E-state index < -0.39 is 0 Å². The molecule has 1 aliphatic rings. The maximum atomic E-state index is 5.32. The van der Waals surface area contributed by atoms with Gasteiger partial charge in [0.2, 0.25) is 0 Å². The molecule has 0 saturated heterocycles. The number of aromatic nitrogens is 5. The monoisotopic (exact) mass is 891 g/mol. The Morgan fingerprint density at radius 1 is 0.435 bits per heavy atom. The zero-order chi connectivity index (χ0) is 46.6. The van der Waals surface area contributed by atoms with E-state index in [2.05, 4.69) is 248 Å². The number of hydrogen-bond acceptors (Lipinski definition) is 6. The van der Waals surface area contributed by atoms with Crippen LogP contribution in [0.4, 0.5) is 22.7 Å². The number of pyridine rings is 1. The van der Waals surface area contributed by atoms with Gasteiger partial charge in [0.1, 0.15) is 12.5 Å². The molecular weight excluding hydrogens is 843 g/mol. The molecule has 0 saturated carbocycles. The van der Waals surface area contributed by atoms with Crippen LogP contribution in [0.15, 0.2) is 212 Å².